The first kappa shape index (κ1) is 19.0. The van der Waals surface area contributed by atoms with Gasteiger partial charge in [-0.05, 0) is 49.6 Å². The molecule has 0 bridgehead atoms. The standard InChI is InChI=1S/C20H21N3O3S2/c1-14-9-10-17-18(12-14)27-20(21-17)22-19(24)15-6-5-11-23(13-15)28(25,26)16-7-3-2-4-8-16/h2-4,7-10,12,15H,5-6,11,13H2,1H3,(H,21,22,24)/t15-/m0/s1. The third-order valence-electron chi connectivity index (χ3n) is 4.91. The number of aromatic nitrogens is 1. The highest BCUT2D eigenvalue weighted by molar-refractivity contribution is 7.89. The van der Waals surface area contributed by atoms with Gasteiger partial charge >= 0.3 is 0 Å². The molecule has 1 fully saturated rings. The van der Waals surface area contributed by atoms with Gasteiger partial charge in [0, 0.05) is 13.1 Å². The molecule has 1 aliphatic heterocycles. The van der Waals surface area contributed by atoms with E-state index < -0.39 is 10.0 Å². The molecule has 2 heterocycles. The van der Waals surface area contributed by atoms with Crippen molar-refractivity contribution < 1.29 is 13.2 Å². The summed E-state index contributed by atoms with van der Waals surface area (Å²) in [5.74, 6) is -0.565. The van der Waals surface area contributed by atoms with Gasteiger partial charge in [-0.25, -0.2) is 13.4 Å². The number of hydrogen-bond donors (Lipinski definition) is 1. The molecule has 1 saturated heterocycles. The largest absolute Gasteiger partial charge is 0.302 e. The number of sulfonamides is 1. The maximum Gasteiger partial charge on any atom is 0.243 e. The van der Waals surface area contributed by atoms with Crippen LogP contribution in [0.1, 0.15) is 18.4 Å². The van der Waals surface area contributed by atoms with Gasteiger partial charge in [-0.1, -0.05) is 35.6 Å². The lowest BCUT2D eigenvalue weighted by atomic mass is 9.99. The fourth-order valence-corrected chi connectivity index (χ4v) is 5.92. The van der Waals surface area contributed by atoms with Gasteiger partial charge < -0.3 is 5.32 Å². The second-order valence-corrected chi connectivity index (χ2v) is 9.96. The molecule has 1 aromatic heterocycles. The van der Waals surface area contributed by atoms with Crippen molar-refractivity contribution in [3.05, 3.63) is 54.1 Å². The van der Waals surface area contributed by atoms with Crippen molar-refractivity contribution in [1.82, 2.24) is 9.29 Å². The van der Waals surface area contributed by atoms with Crippen LogP contribution in [-0.2, 0) is 14.8 Å². The maximum absolute atomic E-state index is 12.8. The van der Waals surface area contributed by atoms with Crippen LogP contribution < -0.4 is 5.32 Å². The number of amides is 1. The summed E-state index contributed by atoms with van der Waals surface area (Å²) >= 11 is 1.43. The Labute approximate surface area is 168 Å². The van der Waals surface area contributed by atoms with E-state index in [0.717, 1.165) is 15.8 Å². The van der Waals surface area contributed by atoms with Crippen LogP contribution in [0.4, 0.5) is 5.13 Å². The molecule has 0 spiro atoms. The average Bonchev–Trinajstić information content (AvgIpc) is 3.10. The summed E-state index contributed by atoms with van der Waals surface area (Å²) < 4.78 is 28.1. The molecule has 28 heavy (non-hydrogen) atoms. The number of fused-ring (bicyclic) bond motifs is 1. The highest BCUT2D eigenvalue weighted by Crippen LogP contribution is 2.29. The fourth-order valence-electron chi connectivity index (χ4n) is 3.41. The summed E-state index contributed by atoms with van der Waals surface area (Å²) in [6.45, 7) is 2.63. The molecule has 4 rings (SSSR count). The third kappa shape index (κ3) is 3.80. The van der Waals surface area contributed by atoms with E-state index in [1.807, 2.05) is 25.1 Å². The predicted molar refractivity (Wildman–Crippen MR) is 111 cm³/mol. The van der Waals surface area contributed by atoms with Gasteiger partial charge in [0.15, 0.2) is 5.13 Å². The molecule has 1 amide bonds. The number of nitrogens with zero attached hydrogens (tertiary/aromatic N) is 2. The number of benzene rings is 2. The fraction of sp³-hybridized carbons (Fsp3) is 0.300. The highest BCUT2D eigenvalue weighted by Gasteiger charge is 2.33. The first-order valence-electron chi connectivity index (χ1n) is 9.17. The molecule has 0 unspecified atom stereocenters. The second kappa shape index (κ2) is 7.62. The van der Waals surface area contributed by atoms with E-state index in [9.17, 15) is 13.2 Å². The van der Waals surface area contributed by atoms with Gasteiger partial charge in [0.25, 0.3) is 0 Å². The van der Waals surface area contributed by atoms with Gasteiger partial charge in [0.2, 0.25) is 15.9 Å². The smallest absolute Gasteiger partial charge is 0.243 e. The molecule has 8 heteroatoms. The van der Waals surface area contributed by atoms with Crippen molar-refractivity contribution in [2.45, 2.75) is 24.7 Å². The zero-order valence-corrected chi connectivity index (χ0v) is 17.1. The Kier molecular flexibility index (Phi) is 5.18. The van der Waals surface area contributed by atoms with E-state index >= 15 is 0 Å². The number of piperidine rings is 1. The summed E-state index contributed by atoms with van der Waals surface area (Å²) in [7, 11) is -3.59. The number of carbonyl (C=O) groups is 1. The molecule has 0 radical (unpaired) electrons. The third-order valence-corrected chi connectivity index (χ3v) is 7.72. The van der Waals surface area contributed by atoms with Crippen LogP contribution in [0.2, 0.25) is 0 Å². The van der Waals surface area contributed by atoms with E-state index in [0.29, 0.717) is 24.5 Å². The Morgan fingerprint density at radius 2 is 2.00 bits per heavy atom. The van der Waals surface area contributed by atoms with Gasteiger partial charge in [0.05, 0.1) is 21.0 Å². The van der Waals surface area contributed by atoms with Gasteiger partial charge in [-0.2, -0.15) is 4.31 Å². The zero-order chi connectivity index (χ0) is 19.7. The average molecular weight is 416 g/mol. The summed E-state index contributed by atoms with van der Waals surface area (Å²) in [5, 5.41) is 3.43. The molecule has 3 aromatic rings. The van der Waals surface area contributed by atoms with Crippen LogP contribution in [0.5, 0.6) is 0 Å². The minimum atomic E-state index is -3.59. The molecule has 0 saturated carbocycles. The molecule has 1 atom stereocenters. The normalized spacial score (nSPS) is 18.2. The SMILES string of the molecule is Cc1ccc2nc(NC(=O)[C@H]3CCCN(S(=O)(=O)c4ccccc4)C3)sc2c1. The van der Waals surface area contributed by atoms with Crippen LogP contribution in [0.25, 0.3) is 10.2 Å². The van der Waals surface area contributed by atoms with Crippen LogP contribution in [0, 0.1) is 12.8 Å². The van der Waals surface area contributed by atoms with Crippen molar-refractivity contribution in [2.24, 2.45) is 5.92 Å². The lowest BCUT2D eigenvalue weighted by molar-refractivity contribution is -0.120. The summed E-state index contributed by atoms with van der Waals surface area (Å²) in [6, 6.07) is 14.3. The van der Waals surface area contributed by atoms with Crippen LogP contribution in [0.3, 0.4) is 0 Å². The molecule has 0 aliphatic carbocycles. The maximum atomic E-state index is 12.8. The van der Waals surface area contributed by atoms with Crippen molar-refractivity contribution in [3.8, 4) is 0 Å². The van der Waals surface area contributed by atoms with Crippen molar-refractivity contribution in [3.63, 3.8) is 0 Å². The van der Waals surface area contributed by atoms with Gasteiger partial charge in [-0.15, -0.1) is 0 Å². The van der Waals surface area contributed by atoms with E-state index in [1.54, 1.807) is 30.3 Å². The predicted octanol–water partition coefficient (Wildman–Crippen LogP) is 3.64. The Bertz CT molecular complexity index is 1110. The van der Waals surface area contributed by atoms with Crippen molar-refractivity contribution in [2.75, 3.05) is 18.4 Å². The molecule has 1 aliphatic rings. The van der Waals surface area contributed by atoms with Crippen molar-refractivity contribution in [1.29, 1.82) is 0 Å². The van der Waals surface area contributed by atoms with Crippen LogP contribution in [-0.4, -0.2) is 36.7 Å². The first-order valence-corrected chi connectivity index (χ1v) is 11.4. The molecule has 6 nitrogen and oxygen atoms in total. The minimum absolute atomic E-state index is 0.177. The molecule has 146 valence electrons. The summed E-state index contributed by atoms with van der Waals surface area (Å²) in [6.07, 6.45) is 1.32. The quantitative estimate of drug-likeness (QED) is 0.705. The topological polar surface area (TPSA) is 79.4 Å². The Hall–Kier alpha value is -2.29. The number of anilines is 1. The number of rotatable bonds is 4. The lowest BCUT2D eigenvalue weighted by Gasteiger charge is -2.31. The van der Waals surface area contributed by atoms with E-state index in [1.165, 1.54) is 15.6 Å². The van der Waals surface area contributed by atoms with E-state index in [-0.39, 0.29) is 23.3 Å². The summed E-state index contributed by atoms with van der Waals surface area (Å²) in [4.78, 5) is 17.5. The number of thiazole rings is 1. The van der Waals surface area contributed by atoms with Crippen LogP contribution >= 0.6 is 11.3 Å². The molecular weight excluding hydrogens is 394 g/mol. The highest BCUT2D eigenvalue weighted by atomic mass is 32.2. The van der Waals surface area contributed by atoms with Crippen molar-refractivity contribution >= 4 is 42.6 Å². The summed E-state index contributed by atoms with van der Waals surface area (Å²) in [5.41, 5.74) is 1.99. The minimum Gasteiger partial charge on any atom is -0.302 e. The number of aryl methyl sites for hydroxylation is 1. The van der Waals surface area contributed by atoms with E-state index in [4.69, 9.17) is 0 Å². The second-order valence-electron chi connectivity index (χ2n) is 6.99. The number of carbonyl (C=O) groups excluding carboxylic acids is 1. The van der Waals surface area contributed by atoms with Crippen LogP contribution in [0.15, 0.2) is 53.4 Å². The number of hydrogen-bond acceptors (Lipinski definition) is 5. The van der Waals surface area contributed by atoms with Gasteiger partial charge in [-0.3, -0.25) is 4.79 Å². The Morgan fingerprint density at radius 1 is 1.21 bits per heavy atom. The Morgan fingerprint density at radius 3 is 2.79 bits per heavy atom. The van der Waals surface area contributed by atoms with Gasteiger partial charge in [0.1, 0.15) is 0 Å². The monoisotopic (exact) mass is 415 g/mol. The molecule has 2 aromatic carbocycles. The first-order chi connectivity index (χ1) is 13.4. The van der Waals surface area contributed by atoms with E-state index in [2.05, 4.69) is 10.3 Å². The zero-order valence-electron chi connectivity index (χ0n) is 15.5. The lowest BCUT2D eigenvalue weighted by Crippen LogP contribution is -2.43. The number of nitrogens with one attached hydrogen (secondary N) is 1. The molecular formula is C20H21N3O3S2. The Balaban J connectivity index is 1.48. The molecule has 1 N–H and O–H groups in total.